The summed E-state index contributed by atoms with van der Waals surface area (Å²) in [6.45, 7) is 1.73. The zero-order chi connectivity index (χ0) is 13.2. The third kappa shape index (κ3) is 1.99. The van der Waals surface area contributed by atoms with Crippen molar-refractivity contribution in [3.05, 3.63) is 34.3 Å². The summed E-state index contributed by atoms with van der Waals surface area (Å²) in [5.74, 6) is 0.941. The lowest BCUT2D eigenvalue weighted by Gasteiger charge is -2.16. The topological polar surface area (TPSA) is 85.9 Å². The second-order valence-electron chi connectivity index (χ2n) is 4.40. The molecule has 0 amide bonds. The molecule has 0 atom stereocenters. The Morgan fingerprint density at radius 1 is 1.42 bits per heavy atom. The number of furan rings is 1. The summed E-state index contributed by atoms with van der Waals surface area (Å²) in [5.41, 5.74) is -0.137. The van der Waals surface area contributed by atoms with E-state index >= 15 is 0 Å². The molecule has 0 aromatic carbocycles. The Morgan fingerprint density at radius 2 is 2.21 bits per heavy atom. The Bertz CT molecular complexity index is 676. The van der Waals surface area contributed by atoms with E-state index in [-0.39, 0.29) is 5.56 Å². The summed E-state index contributed by atoms with van der Waals surface area (Å²) in [6.07, 6.45) is 3.66. The van der Waals surface area contributed by atoms with Gasteiger partial charge in [-0.1, -0.05) is 0 Å². The molecule has 0 spiro atoms. The first-order chi connectivity index (χ1) is 9.29. The third-order valence-electron chi connectivity index (χ3n) is 3.18. The highest BCUT2D eigenvalue weighted by atomic mass is 16.3. The van der Waals surface area contributed by atoms with Crippen LogP contribution < -0.4 is 10.5 Å². The minimum atomic E-state index is -0.425. The fourth-order valence-corrected chi connectivity index (χ4v) is 2.24. The van der Waals surface area contributed by atoms with E-state index in [1.807, 2.05) is 11.0 Å². The third-order valence-corrected chi connectivity index (χ3v) is 3.18. The van der Waals surface area contributed by atoms with Gasteiger partial charge in [-0.3, -0.25) is 9.78 Å². The van der Waals surface area contributed by atoms with E-state index < -0.39 is 5.56 Å². The van der Waals surface area contributed by atoms with E-state index in [4.69, 9.17) is 9.68 Å². The van der Waals surface area contributed by atoms with E-state index in [9.17, 15) is 4.79 Å². The Labute approximate surface area is 109 Å². The first-order valence-corrected chi connectivity index (χ1v) is 6.13. The second kappa shape index (κ2) is 4.61. The van der Waals surface area contributed by atoms with E-state index in [1.54, 1.807) is 12.1 Å². The van der Waals surface area contributed by atoms with Gasteiger partial charge in [-0.2, -0.15) is 5.26 Å². The highest BCUT2D eigenvalue weighted by molar-refractivity contribution is 5.62. The van der Waals surface area contributed by atoms with Crippen molar-refractivity contribution in [3.8, 4) is 17.5 Å². The molecular weight excluding hydrogens is 244 g/mol. The number of rotatable bonds is 2. The van der Waals surface area contributed by atoms with Crippen LogP contribution in [0.5, 0.6) is 0 Å². The summed E-state index contributed by atoms with van der Waals surface area (Å²) in [6, 6.07) is 5.28. The first kappa shape index (κ1) is 11.5. The van der Waals surface area contributed by atoms with Crippen molar-refractivity contribution in [1.29, 1.82) is 5.26 Å². The van der Waals surface area contributed by atoms with Crippen molar-refractivity contribution in [3.63, 3.8) is 0 Å². The Morgan fingerprint density at radius 3 is 2.84 bits per heavy atom. The standard InChI is InChI=1S/C13H12N4O2/c14-8-9-11(10-4-3-7-19-10)15-13(16-12(9)18)17-5-1-2-6-17/h3-4,7H,1-2,5-6H2,(H,15,16,18). The van der Waals surface area contributed by atoms with E-state index in [0.29, 0.717) is 17.4 Å². The molecule has 0 unspecified atom stereocenters. The molecular formula is C13H12N4O2. The van der Waals surface area contributed by atoms with Crippen LogP contribution in [0.2, 0.25) is 0 Å². The Balaban J connectivity index is 2.16. The predicted octanol–water partition coefficient (Wildman–Crippen LogP) is 1.50. The summed E-state index contributed by atoms with van der Waals surface area (Å²) in [5, 5.41) is 9.09. The Hall–Kier alpha value is -2.55. The van der Waals surface area contributed by atoms with Gasteiger partial charge in [0, 0.05) is 13.1 Å². The molecule has 1 N–H and O–H groups in total. The number of hydrogen-bond donors (Lipinski definition) is 1. The van der Waals surface area contributed by atoms with Gasteiger partial charge in [0.25, 0.3) is 5.56 Å². The number of H-pyrrole nitrogens is 1. The van der Waals surface area contributed by atoms with Gasteiger partial charge < -0.3 is 9.32 Å². The van der Waals surface area contributed by atoms with Crippen molar-refractivity contribution in [2.45, 2.75) is 12.8 Å². The number of anilines is 1. The highest BCUT2D eigenvalue weighted by Gasteiger charge is 2.20. The molecule has 3 heterocycles. The number of aromatic amines is 1. The molecule has 96 valence electrons. The van der Waals surface area contributed by atoms with Gasteiger partial charge in [-0.05, 0) is 25.0 Å². The average Bonchev–Trinajstić information content (AvgIpc) is 3.11. The molecule has 0 saturated carbocycles. The molecule has 6 nitrogen and oxygen atoms in total. The van der Waals surface area contributed by atoms with Crippen LogP contribution in [-0.2, 0) is 0 Å². The normalized spacial score (nSPS) is 14.6. The van der Waals surface area contributed by atoms with Gasteiger partial charge in [-0.15, -0.1) is 0 Å². The fraction of sp³-hybridized carbons (Fsp3) is 0.308. The van der Waals surface area contributed by atoms with Crippen molar-refractivity contribution in [2.24, 2.45) is 0 Å². The van der Waals surface area contributed by atoms with Crippen molar-refractivity contribution in [2.75, 3.05) is 18.0 Å². The molecule has 0 bridgehead atoms. The van der Waals surface area contributed by atoms with Crippen LogP contribution in [-0.4, -0.2) is 23.1 Å². The SMILES string of the molecule is N#Cc1c(-c2ccco2)nc(N2CCCC2)[nH]c1=O. The highest BCUT2D eigenvalue weighted by Crippen LogP contribution is 2.22. The maximum Gasteiger partial charge on any atom is 0.271 e. The second-order valence-corrected chi connectivity index (χ2v) is 4.40. The van der Waals surface area contributed by atoms with Crippen molar-refractivity contribution >= 4 is 5.95 Å². The van der Waals surface area contributed by atoms with Crippen LogP contribution in [0, 0.1) is 11.3 Å². The van der Waals surface area contributed by atoms with Crippen molar-refractivity contribution in [1.82, 2.24) is 9.97 Å². The van der Waals surface area contributed by atoms with Gasteiger partial charge >= 0.3 is 0 Å². The lowest BCUT2D eigenvalue weighted by atomic mass is 10.2. The molecule has 6 heteroatoms. The number of nitrogens with zero attached hydrogens (tertiary/aromatic N) is 3. The molecule has 0 radical (unpaired) electrons. The largest absolute Gasteiger partial charge is 0.463 e. The molecule has 1 aliphatic heterocycles. The van der Waals surface area contributed by atoms with E-state index in [0.717, 1.165) is 25.9 Å². The minimum Gasteiger partial charge on any atom is -0.463 e. The molecule has 1 aliphatic rings. The predicted molar refractivity (Wildman–Crippen MR) is 68.7 cm³/mol. The molecule has 0 aliphatic carbocycles. The number of hydrogen-bond acceptors (Lipinski definition) is 5. The zero-order valence-corrected chi connectivity index (χ0v) is 10.2. The van der Waals surface area contributed by atoms with Crippen LogP contribution in [0.3, 0.4) is 0 Å². The van der Waals surface area contributed by atoms with E-state index in [1.165, 1.54) is 6.26 Å². The van der Waals surface area contributed by atoms with Crippen LogP contribution in [0.15, 0.2) is 27.6 Å². The monoisotopic (exact) mass is 256 g/mol. The lowest BCUT2D eigenvalue weighted by Crippen LogP contribution is -2.25. The quantitative estimate of drug-likeness (QED) is 0.880. The average molecular weight is 256 g/mol. The van der Waals surface area contributed by atoms with Crippen molar-refractivity contribution < 1.29 is 4.42 Å². The van der Waals surface area contributed by atoms with Gasteiger partial charge in [0.05, 0.1) is 6.26 Å². The summed E-state index contributed by atoms with van der Waals surface area (Å²) < 4.78 is 5.25. The maximum absolute atomic E-state index is 12.0. The number of nitrogens with one attached hydrogen (secondary N) is 1. The zero-order valence-electron chi connectivity index (χ0n) is 10.2. The van der Waals surface area contributed by atoms with Crippen LogP contribution >= 0.6 is 0 Å². The molecule has 2 aromatic heterocycles. The molecule has 1 fully saturated rings. The maximum atomic E-state index is 12.0. The molecule has 19 heavy (non-hydrogen) atoms. The first-order valence-electron chi connectivity index (χ1n) is 6.13. The summed E-state index contributed by atoms with van der Waals surface area (Å²) in [7, 11) is 0. The van der Waals surface area contributed by atoms with E-state index in [2.05, 4.69) is 9.97 Å². The fourth-order valence-electron chi connectivity index (χ4n) is 2.24. The lowest BCUT2D eigenvalue weighted by molar-refractivity contribution is 0.579. The van der Waals surface area contributed by atoms with Crippen LogP contribution in [0.25, 0.3) is 11.5 Å². The van der Waals surface area contributed by atoms with Crippen LogP contribution in [0.1, 0.15) is 18.4 Å². The molecule has 2 aromatic rings. The number of aromatic nitrogens is 2. The van der Waals surface area contributed by atoms with Gasteiger partial charge in [0.2, 0.25) is 5.95 Å². The van der Waals surface area contributed by atoms with Gasteiger partial charge in [0.1, 0.15) is 17.3 Å². The van der Waals surface area contributed by atoms with Gasteiger partial charge in [0.15, 0.2) is 5.76 Å². The minimum absolute atomic E-state index is 0.0158. The smallest absolute Gasteiger partial charge is 0.271 e. The summed E-state index contributed by atoms with van der Waals surface area (Å²) in [4.78, 5) is 21.0. The Kier molecular flexibility index (Phi) is 2.80. The summed E-state index contributed by atoms with van der Waals surface area (Å²) >= 11 is 0. The molecule has 1 saturated heterocycles. The number of nitriles is 1. The van der Waals surface area contributed by atoms with Crippen LogP contribution in [0.4, 0.5) is 5.95 Å². The van der Waals surface area contributed by atoms with Gasteiger partial charge in [-0.25, -0.2) is 4.98 Å². The molecule has 3 rings (SSSR count).